The Morgan fingerprint density at radius 1 is 1.38 bits per heavy atom. The molecular formula is C17H20ClN5O2S. The van der Waals surface area contributed by atoms with Crippen molar-refractivity contribution < 1.29 is 9.53 Å². The smallest absolute Gasteiger partial charge is 0.408 e. The van der Waals surface area contributed by atoms with Crippen molar-refractivity contribution in [3.8, 4) is 0 Å². The number of thioether (sulfide) groups is 1. The third-order valence-electron chi connectivity index (χ3n) is 3.47. The number of fused-ring (bicyclic) bond motifs is 1. The molecule has 0 radical (unpaired) electrons. The van der Waals surface area contributed by atoms with E-state index in [-0.39, 0.29) is 6.54 Å². The highest BCUT2D eigenvalue weighted by molar-refractivity contribution is 8.02. The first-order chi connectivity index (χ1) is 12.2. The zero-order valence-corrected chi connectivity index (χ0v) is 16.5. The molecular weight excluding hydrogens is 374 g/mol. The molecule has 0 atom stereocenters. The molecule has 138 valence electrons. The molecule has 0 fully saturated rings. The fraction of sp³-hybridized carbons (Fsp3) is 0.353. The van der Waals surface area contributed by atoms with Crippen molar-refractivity contribution in [2.75, 3.05) is 5.43 Å². The highest BCUT2D eigenvalue weighted by Crippen LogP contribution is 2.29. The maximum atomic E-state index is 11.8. The van der Waals surface area contributed by atoms with Gasteiger partial charge in [0.25, 0.3) is 0 Å². The van der Waals surface area contributed by atoms with Crippen molar-refractivity contribution in [3.63, 3.8) is 0 Å². The minimum absolute atomic E-state index is 0.197. The number of ether oxygens (including phenoxy) is 1. The normalized spacial score (nSPS) is 13.5. The van der Waals surface area contributed by atoms with Crippen molar-refractivity contribution in [3.05, 3.63) is 45.6 Å². The first kappa shape index (κ1) is 18.6. The van der Waals surface area contributed by atoms with Gasteiger partial charge in [-0.1, -0.05) is 29.4 Å². The highest BCUT2D eigenvalue weighted by atomic mass is 35.5. The summed E-state index contributed by atoms with van der Waals surface area (Å²) in [5, 5.41) is 14.3. The van der Waals surface area contributed by atoms with E-state index in [4.69, 9.17) is 16.3 Å². The minimum atomic E-state index is -0.551. The summed E-state index contributed by atoms with van der Waals surface area (Å²) in [5.74, 6) is 0.578. The molecule has 7 nitrogen and oxygen atoms in total. The quantitative estimate of drug-likeness (QED) is 0.822. The van der Waals surface area contributed by atoms with Crippen molar-refractivity contribution in [1.29, 1.82) is 0 Å². The summed E-state index contributed by atoms with van der Waals surface area (Å²) in [6.45, 7) is 7.60. The fourth-order valence-electron chi connectivity index (χ4n) is 2.27. The first-order valence-electron chi connectivity index (χ1n) is 8.04. The van der Waals surface area contributed by atoms with Gasteiger partial charge < -0.3 is 10.1 Å². The number of nitrogens with one attached hydrogen (secondary N) is 2. The number of alkyl carbamates (subject to hydrolysis) is 1. The van der Waals surface area contributed by atoms with Gasteiger partial charge in [-0.2, -0.15) is 0 Å². The standard InChI is InChI=1S/C17H20ClN5O2S/c1-10-7-11(5-6-12(10)18)13-9-26-15-21-20-14(23(15)22-13)8-19-16(24)25-17(2,3)4/h5-7,9,22H,8H2,1-4H3,(H,19,24). The van der Waals surface area contributed by atoms with E-state index < -0.39 is 11.7 Å². The van der Waals surface area contributed by atoms with Crippen molar-refractivity contribution in [1.82, 2.24) is 20.2 Å². The monoisotopic (exact) mass is 393 g/mol. The fourth-order valence-corrected chi connectivity index (χ4v) is 3.15. The van der Waals surface area contributed by atoms with Crippen LogP contribution in [0.3, 0.4) is 0 Å². The van der Waals surface area contributed by atoms with Gasteiger partial charge in [0, 0.05) is 16.0 Å². The van der Waals surface area contributed by atoms with E-state index in [0.717, 1.165) is 21.8 Å². The van der Waals surface area contributed by atoms with Gasteiger partial charge in [-0.15, -0.1) is 10.2 Å². The van der Waals surface area contributed by atoms with Crippen LogP contribution in [0.4, 0.5) is 4.79 Å². The lowest BCUT2D eigenvalue weighted by Gasteiger charge is -2.21. The molecule has 1 aromatic carbocycles. The Kier molecular flexibility index (Phi) is 5.15. The number of hydrogen-bond acceptors (Lipinski definition) is 6. The van der Waals surface area contributed by atoms with Crippen LogP contribution in [0.1, 0.15) is 37.7 Å². The van der Waals surface area contributed by atoms with Crippen molar-refractivity contribution in [2.45, 2.75) is 45.0 Å². The maximum Gasteiger partial charge on any atom is 0.408 e. The molecule has 2 aromatic rings. The van der Waals surface area contributed by atoms with Crippen LogP contribution in [-0.2, 0) is 11.3 Å². The summed E-state index contributed by atoms with van der Waals surface area (Å²) in [4.78, 5) is 11.8. The van der Waals surface area contributed by atoms with Gasteiger partial charge >= 0.3 is 6.09 Å². The van der Waals surface area contributed by atoms with Crippen LogP contribution >= 0.6 is 23.4 Å². The first-order valence-corrected chi connectivity index (χ1v) is 9.30. The number of aromatic nitrogens is 3. The highest BCUT2D eigenvalue weighted by Gasteiger charge is 2.20. The third-order valence-corrected chi connectivity index (χ3v) is 4.73. The van der Waals surface area contributed by atoms with Crippen LogP contribution < -0.4 is 10.7 Å². The molecule has 2 N–H and O–H groups in total. The molecule has 0 bridgehead atoms. The van der Waals surface area contributed by atoms with E-state index in [1.807, 2.05) is 51.3 Å². The molecule has 1 aliphatic rings. The number of aryl methyl sites for hydroxylation is 1. The second-order valence-electron chi connectivity index (χ2n) is 6.81. The van der Waals surface area contributed by atoms with E-state index >= 15 is 0 Å². The molecule has 26 heavy (non-hydrogen) atoms. The van der Waals surface area contributed by atoms with Crippen molar-refractivity contribution in [2.24, 2.45) is 0 Å². The molecule has 3 rings (SSSR count). The topological polar surface area (TPSA) is 81.1 Å². The molecule has 9 heteroatoms. The van der Waals surface area contributed by atoms with E-state index in [0.29, 0.717) is 11.0 Å². The number of halogens is 1. The Hall–Kier alpha value is -2.19. The third kappa shape index (κ3) is 4.31. The zero-order chi connectivity index (χ0) is 18.9. The lowest BCUT2D eigenvalue weighted by atomic mass is 10.1. The Labute approximate surface area is 161 Å². The Balaban J connectivity index is 1.71. The predicted octanol–water partition coefficient (Wildman–Crippen LogP) is 3.91. The molecule has 0 unspecified atom stereocenters. The van der Waals surface area contributed by atoms with Gasteiger partial charge in [-0.05, 0) is 45.4 Å². The Morgan fingerprint density at radius 2 is 2.15 bits per heavy atom. The predicted molar refractivity (Wildman–Crippen MR) is 102 cm³/mol. The van der Waals surface area contributed by atoms with Crippen LogP contribution in [-0.4, -0.2) is 26.6 Å². The number of rotatable bonds is 3. The number of hydrogen-bond donors (Lipinski definition) is 2. The lowest BCUT2D eigenvalue weighted by Crippen LogP contribution is -2.33. The average molecular weight is 394 g/mol. The second kappa shape index (κ2) is 7.20. The number of nitrogens with zero attached hydrogens (tertiary/aromatic N) is 3. The zero-order valence-electron chi connectivity index (χ0n) is 15.0. The summed E-state index contributed by atoms with van der Waals surface area (Å²) in [7, 11) is 0. The number of benzene rings is 1. The maximum absolute atomic E-state index is 11.8. The van der Waals surface area contributed by atoms with Gasteiger partial charge in [0.05, 0.1) is 12.2 Å². The molecule has 0 saturated heterocycles. The summed E-state index contributed by atoms with van der Waals surface area (Å²) >= 11 is 7.56. The van der Waals surface area contributed by atoms with E-state index in [1.54, 1.807) is 4.68 Å². The van der Waals surface area contributed by atoms with E-state index in [1.165, 1.54) is 11.8 Å². The molecule has 0 aliphatic carbocycles. The SMILES string of the molecule is Cc1cc(C2=CSc3nnc(CNC(=O)OC(C)(C)C)n3N2)ccc1Cl. The van der Waals surface area contributed by atoms with Gasteiger partial charge in [0.15, 0.2) is 5.82 Å². The molecule has 0 spiro atoms. The minimum Gasteiger partial charge on any atom is -0.444 e. The van der Waals surface area contributed by atoms with Gasteiger partial charge in [-0.25, -0.2) is 9.47 Å². The summed E-state index contributed by atoms with van der Waals surface area (Å²) in [6.07, 6.45) is -0.498. The molecule has 0 saturated carbocycles. The molecule has 1 aliphatic heterocycles. The average Bonchev–Trinajstić information content (AvgIpc) is 2.96. The van der Waals surface area contributed by atoms with Gasteiger partial charge in [0.2, 0.25) is 5.16 Å². The van der Waals surface area contributed by atoms with Gasteiger partial charge in [0.1, 0.15) is 5.60 Å². The number of amides is 1. The van der Waals surface area contributed by atoms with Crippen LogP contribution in [0.25, 0.3) is 5.70 Å². The van der Waals surface area contributed by atoms with Crippen LogP contribution in [0.2, 0.25) is 5.02 Å². The Bertz CT molecular complexity index is 873. The molecule has 2 heterocycles. The molecule has 1 amide bonds. The van der Waals surface area contributed by atoms with Crippen molar-refractivity contribution >= 4 is 35.2 Å². The number of carbonyl (C=O) groups is 1. The largest absolute Gasteiger partial charge is 0.444 e. The summed E-state index contributed by atoms with van der Waals surface area (Å²) in [6, 6.07) is 5.82. The summed E-state index contributed by atoms with van der Waals surface area (Å²) in [5.41, 5.74) is 5.63. The van der Waals surface area contributed by atoms with E-state index in [2.05, 4.69) is 20.9 Å². The lowest BCUT2D eigenvalue weighted by molar-refractivity contribution is 0.0522. The van der Waals surface area contributed by atoms with E-state index in [9.17, 15) is 4.79 Å². The van der Waals surface area contributed by atoms with Gasteiger partial charge in [-0.3, -0.25) is 5.43 Å². The summed E-state index contributed by atoms with van der Waals surface area (Å²) < 4.78 is 6.99. The van der Waals surface area contributed by atoms with Crippen LogP contribution in [0.15, 0.2) is 28.8 Å². The number of carbonyl (C=O) groups excluding carboxylic acids is 1. The van der Waals surface area contributed by atoms with Crippen LogP contribution in [0, 0.1) is 6.92 Å². The second-order valence-corrected chi connectivity index (χ2v) is 8.06. The van der Waals surface area contributed by atoms with Crippen LogP contribution in [0.5, 0.6) is 0 Å². The Morgan fingerprint density at radius 3 is 2.85 bits per heavy atom. The molecule has 1 aromatic heterocycles.